The third-order valence-electron chi connectivity index (χ3n) is 4.99. The van der Waals surface area contributed by atoms with Crippen molar-refractivity contribution in [2.45, 2.75) is 52.4 Å². The Kier molecular flexibility index (Phi) is 7.34. The molecular formula is C21H25BrN2O2S2. The van der Waals surface area contributed by atoms with E-state index in [0.29, 0.717) is 27.9 Å². The van der Waals surface area contributed by atoms with Crippen LogP contribution in [0.4, 0.5) is 5.69 Å². The summed E-state index contributed by atoms with van der Waals surface area (Å²) in [6, 6.07) is 5.79. The van der Waals surface area contributed by atoms with E-state index in [1.54, 1.807) is 9.80 Å². The number of carbonyl (C=O) groups excluding carboxylic acids is 2. The fraction of sp³-hybridized carbons (Fsp3) is 0.476. The van der Waals surface area contributed by atoms with Crippen molar-refractivity contribution in [1.82, 2.24) is 4.90 Å². The molecule has 0 radical (unpaired) electrons. The molecule has 2 aliphatic heterocycles. The molecule has 0 atom stereocenters. The molecule has 1 aromatic carbocycles. The summed E-state index contributed by atoms with van der Waals surface area (Å²) in [6.45, 7) is 5.49. The largest absolute Gasteiger partial charge is 0.308 e. The van der Waals surface area contributed by atoms with Crippen LogP contribution in [0.2, 0.25) is 0 Å². The molecule has 0 bridgehead atoms. The van der Waals surface area contributed by atoms with Crippen LogP contribution in [0.15, 0.2) is 27.6 Å². The molecule has 150 valence electrons. The molecule has 0 aromatic heterocycles. The molecule has 2 aliphatic rings. The number of thioether (sulfide) groups is 1. The van der Waals surface area contributed by atoms with Crippen LogP contribution in [0, 0.1) is 0 Å². The summed E-state index contributed by atoms with van der Waals surface area (Å²) < 4.78 is 1.45. The standard InChI is InChI=1S/C21H25BrN2O2S2/c1-3-5-6-7-8-12-24-20(26)18(28-21(24)27)17-15-13-14(22)9-10-16(15)23(11-4-2)19(17)25/h9-10,13H,3-8,11-12H2,1-2H3. The summed E-state index contributed by atoms with van der Waals surface area (Å²) in [5, 5.41) is 0. The van der Waals surface area contributed by atoms with Gasteiger partial charge in [-0.2, -0.15) is 0 Å². The van der Waals surface area contributed by atoms with E-state index in [1.165, 1.54) is 31.0 Å². The number of hydrogen-bond acceptors (Lipinski definition) is 4. The lowest BCUT2D eigenvalue weighted by atomic mass is 10.1. The number of carbonyl (C=O) groups is 2. The summed E-state index contributed by atoms with van der Waals surface area (Å²) in [4.78, 5) is 30.2. The zero-order valence-corrected chi connectivity index (χ0v) is 19.5. The molecule has 4 nitrogen and oxygen atoms in total. The normalized spacial score (nSPS) is 19.2. The van der Waals surface area contributed by atoms with Crippen molar-refractivity contribution in [2.75, 3.05) is 18.0 Å². The predicted molar refractivity (Wildman–Crippen MR) is 124 cm³/mol. The van der Waals surface area contributed by atoms with Gasteiger partial charge in [-0.1, -0.05) is 79.4 Å². The van der Waals surface area contributed by atoms with Crippen molar-refractivity contribution in [3.63, 3.8) is 0 Å². The fourth-order valence-corrected chi connectivity index (χ4v) is 5.33. The highest BCUT2D eigenvalue weighted by Gasteiger charge is 2.41. The quantitative estimate of drug-likeness (QED) is 0.270. The van der Waals surface area contributed by atoms with E-state index in [2.05, 4.69) is 22.9 Å². The van der Waals surface area contributed by atoms with Gasteiger partial charge in [0, 0.05) is 23.1 Å². The number of thiocarbonyl (C=S) groups is 1. The maximum atomic E-state index is 13.2. The zero-order valence-electron chi connectivity index (χ0n) is 16.3. The predicted octanol–water partition coefficient (Wildman–Crippen LogP) is 5.75. The molecule has 1 fully saturated rings. The van der Waals surface area contributed by atoms with Gasteiger partial charge in [-0.15, -0.1) is 0 Å². The topological polar surface area (TPSA) is 40.6 Å². The summed E-state index contributed by atoms with van der Waals surface area (Å²) in [6.07, 6.45) is 6.47. The van der Waals surface area contributed by atoms with Gasteiger partial charge in [0.25, 0.3) is 11.8 Å². The minimum Gasteiger partial charge on any atom is -0.308 e. The number of fused-ring (bicyclic) bond motifs is 1. The van der Waals surface area contributed by atoms with Gasteiger partial charge in [-0.3, -0.25) is 14.5 Å². The molecule has 2 heterocycles. The second-order valence-electron chi connectivity index (χ2n) is 7.06. The van der Waals surface area contributed by atoms with Crippen LogP contribution in [0.3, 0.4) is 0 Å². The molecule has 7 heteroatoms. The maximum absolute atomic E-state index is 13.2. The first-order valence-electron chi connectivity index (χ1n) is 9.89. The third-order valence-corrected chi connectivity index (χ3v) is 6.93. The lowest BCUT2D eigenvalue weighted by Crippen LogP contribution is -2.30. The van der Waals surface area contributed by atoms with Crippen molar-refractivity contribution in [2.24, 2.45) is 0 Å². The Morgan fingerprint density at radius 2 is 1.71 bits per heavy atom. The van der Waals surface area contributed by atoms with Gasteiger partial charge >= 0.3 is 0 Å². The number of hydrogen-bond donors (Lipinski definition) is 0. The van der Waals surface area contributed by atoms with E-state index in [4.69, 9.17) is 12.2 Å². The van der Waals surface area contributed by atoms with Crippen LogP contribution >= 0.6 is 39.9 Å². The third kappa shape index (κ3) is 4.21. The van der Waals surface area contributed by atoms with E-state index in [1.807, 2.05) is 25.1 Å². The Hall–Kier alpha value is -1.18. The monoisotopic (exact) mass is 480 g/mol. The highest BCUT2D eigenvalue weighted by atomic mass is 79.9. The number of benzene rings is 1. The van der Waals surface area contributed by atoms with Gasteiger partial charge in [0.05, 0.1) is 16.2 Å². The second-order valence-corrected chi connectivity index (χ2v) is 9.62. The highest BCUT2D eigenvalue weighted by Crippen LogP contribution is 2.45. The molecule has 1 aromatic rings. The van der Waals surface area contributed by atoms with Gasteiger partial charge in [0.15, 0.2) is 0 Å². The number of halogens is 1. The summed E-state index contributed by atoms with van der Waals surface area (Å²) in [5.74, 6) is -0.225. The van der Waals surface area contributed by atoms with E-state index in [0.717, 1.165) is 35.0 Å². The molecule has 0 aliphatic carbocycles. The number of unbranched alkanes of at least 4 members (excludes halogenated alkanes) is 4. The first kappa shape index (κ1) is 21.5. The zero-order chi connectivity index (χ0) is 20.3. The summed E-state index contributed by atoms with van der Waals surface area (Å²) in [5.41, 5.74) is 2.18. The van der Waals surface area contributed by atoms with Crippen LogP contribution < -0.4 is 4.90 Å². The Morgan fingerprint density at radius 1 is 0.964 bits per heavy atom. The van der Waals surface area contributed by atoms with E-state index in [-0.39, 0.29) is 11.8 Å². The maximum Gasteiger partial charge on any atom is 0.267 e. The van der Waals surface area contributed by atoms with Crippen molar-refractivity contribution < 1.29 is 9.59 Å². The van der Waals surface area contributed by atoms with Crippen LogP contribution in [0.25, 0.3) is 5.57 Å². The van der Waals surface area contributed by atoms with Crippen molar-refractivity contribution in [1.29, 1.82) is 0 Å². The average molecular weight is 481 g/mol. The van der Waals surface area contributed by atoms with Crippen LogP contribution in [-0.2, 0) is 9.59 Å². The molecule has 28 heavy (non-hydrogen) atoms. The van der Waals surface area contributed by atoms with Gasteiger partial charge in [0.1, 0.15) is 4.32 Å². The van der Waals surface area contributed by atoms with E-state index in [9.17, 15) is 9.59 Å². The van der Waals surface area contributed by atoms with E-state index >= 15 is 0 Å². The van der Waals surface area contributed by atoms with Gasteiger partial charge in [0.2, 0.25) is 0 Å². The molecule has 2 amide bonds. The van der Waals surface area contributed by atoms with Gasteiger partial charge in [-0.05, 0) is 31.0 Å². The lowest BCUT2D eigenvalue weighted by Gasteiger charge is -2.15. The first-order chi connectivity index (χ1) is 13.5. The van der Waals surface area contributed by atoms with Crippen molar-refractivity contribution in [3.05, 3.63) is 33.1 Å². The van der Waals surface area contributed by atoms with E-state index < -0.39 is 0 Å². The Morgan fingerprint density at radius 3 is 2.43 bits per heavy atom. The Balaban J connectivity index is 1.88. The van der Waals surface area contributed by atoms with Crippen LogP contribution in [-0.4, -0.2) is 34.1 Å². The van der Waals surface area contributed by atoms with Crippen LogP contribution in [0.5, 0.6) is 0 Å². The SMILES string of the molecule is CCCCCCCN1C(=O)C(=C2C(=O)N(CCC)c3ccc(Br)cc32)SC1=S. The number of amides is 2. The fourth-order valence-electron chi connectivity index (χ4n) is 3.58. The smallest absolute Gasteiger partial charge is 0.267 e. The van der Waals surface area contributed by atoms with Crippen molar-refractivity contribution in [3.8, 4) is 0 Å². The van der Waals surface area contributed by atoms with Gasteiger partial charge < -0.3 is 4.90 Å². The van der Waals surface area contributed by atoms with Crippen LogP contribution in [0.1, 0.15) is 57.9 Å². The number of nitrogens with zero attached hydrogens (tertiary/aromatic N) is 2. The minimum absolute atomic E-state index is 0.0987. The minimum atomic E-state index is -0.127. The number of anilines is 1. The molecule has 0 saturated carbocycles. The Bertz CT molecular complexity index is 838. The number of rotatable bonds is 8. The van der Waals surface area contributed by atoms with Gasteiger partial charge in [-0.25, -0.2) is 0 Å². The Labute approximate surface area is 184 Å². The molecule has 0 N–H and O–H groups in total. The second kappa shape index (κ2) is 9.55. The molecule has 3 rings (SSSR count). The summed E-state index contributed by atoms with van der Waals surface area (Å²) >= 11 is 10.2. The van der Waals surface area contributed by atoms with Crippen molar-refractivity contribution >= 4 is 67.3 Å². The summed E-state index contributed by atoms with van der Waals surface area (Å²) in [7, 11) is 0. The molecule has 1 saturated heterocycles. The lowest BCUT2D eigenvalue weighted by molar-refractivity contribution is -0.122. The first-order valence-corrected chi connectivity index (χ1v) is 11.9. The average Bonchev–Trinajstić information content (AvgIpc) is 3.09. The highest BCUT2D eigenvalue weighted by molar-refractivity contribution is 9.10. The molecular weight excluding hydrogens is 456 g/mol. The molecule has 0 spiro atoms. The molecule has 0 unspecified atom stereocenters.